The van der Waals surface area contributed by atoms with Crippen molar-refractivity contribution in [2.75, 3.05) is 0 Å². The first kappa shape index (κ1) is 12.3. The summed E-state index contributed by atoms with van der Waals surface area (Å²) in [6.45, 7) is 0. The van der Waals surface area contributed by atoms with E-state index in [0.29, 0.717) is 5.02 Å². The van der Waals surface area contributed by atoms with Gasteiger partial charge in [-0.3, -0.25) is 0 Å². The van der Waals surface area contributed by atoms with Gasteiger partial charge in [0, 0.05) is 33.2 Å². The molecule has 4 aromatic rings. The molecule has 4 rings (SSSR count). The third kappa shape index (κ3) is 1.88. The molecule has 0 spiro atoms. The molecule has 0 saturated carbocycles. The van der Waals surface area contributed by atoms with Crippen molar-refractivity contribution in [3.8, 4) is 16.9 Å². The molecule has 1 aromatic heterocycles. The van der Waals surface area contributed by atoms with Gasteiger partial charge in [0.05, 0.1) is 0 Å². The van der Waals surface area contributed by atoms with E-state index < -0.39 is 0 Å². The smallest absolute Gasteiger partial charge is 0.124 e. The number of hydrogen-bond donors (Lipinski definition) is 2. The van der Waals surface area contributed by atoms with Gasteiger partial charge in [-0.05, 0) is 35.0 Å². The lowest BCUT2D eigenvalue weighted by Gasteiger charge is -2.08. The lowest BCUT2D eigenvalue weighted by atomic mass is 9.97. The van der Waals surface area contributed by atoms with Gasteiger partial charge >= 0.3 is 0 Å². The molecule has 3 heteroatoms. The number of phenolic OH excluding ortho intramolecular Hbond substituents is 1. The van der Waals surface area contributed by atoms with E-state index in [1.54, 1.807) is 6.07 Å². The first-order chi connectivity index (χ1) is 10.2. The minimum Gasteiger partial charge on any atom is -0.507 e. The SMILES string of the molecule is Oc1ccc2ccccc2c1-c1c[nH]c2ccc(Cl)cc12. The maximum absolute atomic E-state index is 10.4. The second-order valence-corrected chi connectivity index (χ2v) is 5.51. The van der Waals surface area contributed by atoms with Crippen molar-refractivity contribution in [1.82, 2.24) is 4.98 Å². The van der Waals surface area contributed by atoms with Crippen molar-refractivity contribution < 1.29 is 5.11 Å². The molecule has 0 unspecified atom stereocenters. The van der Waals surface area contributed by atoms with E-state index in [2.05, 4.69) is 4.98 Å². The van der Waals surface area contributed by atoms with E-state index in [0.717, 1.165) is 32.8 Å². The van der Waals surface area contributed by atoms with E-state index >= 15 is 0 Å². The van der Waals surface area contributed by atoms with Crippen LogP contribution in [-0.4, -0.2) is 10.1 Å². The lowest BCUT2D eigenvalue weighted by molar-refractivity contribution is 0.478. The molecule has 0 radical (unpaired) electrons. The van der Waals surface area contributed by atoms with Gasteiger partial charge in [0.1, 0.15) is 5.75 Å². The van der Waals surface area contributed by atoms with Crippen LogP contribution >= 0.6 is 11.6 Å². The van der Waals surface area contributed by atoms with Crippen LogP contribution in [0.25, 0.3) is 32.8 Å². The van der Waals surface area contributed by atoms with Crippen LogP contribution in [0.5, 0.6) is 5.75 Å². The summed E-state index contributed by atoms with van der Waals surface area (Å²) in [5.41, 5.74) is 2.80. The van der Waals surface area contributed by atoms with Crippen LogP contribution in [0.1, 0.15) is 0 Å². The van der Waals surface area contributed by atoms with Crippen LogP contribution in [0.3, 0.4) is 0 Å². The summed E-state index contributed by atoms with van der Waals surface area (Å²) in [5.74, 6) is 0.273. The zero-order valence-electron chi connectivity index (χ0n) is 11.1. The number of aromatic hydroxyl groups is 1. The van der Waals surface area contributed by atoms with Gasteiger partial charge in [-0.2, -0.15) is 0 Å². The van der Waals surface area contributed by atoms with Gasteiger partial charge in [0.15, 0.2) is 0 Å². The van der Waals surface area contributed by atoms with Crippen molar-refractivity contribution in [2.45, 2.75) is 0 Å². The van der Waals surface area contributed by atoms with Crippen molar-refractivity contribution >= 4 is 33.3 Å². The fourth-order valence-electron chi connectivity index (χ4n) is 2.84. The number of halogens is 1. The molecule has 2 nitrogen and oxygen atoms in total. The molecule has 0 saturated heterocycles. The Bertz CT molecular complexity index is 971. The van der Waals surface area contributed by atoms with Gasteiger partial charge in [0.2, 0.25) is 0 Å². The summed E-state index contributed by atoms with van der Waals surface area (Å²) in [6, 6.07) is 17.4. The predicted molar refractivity (Wildman–Crippen MR) is 87.9 cm³/mol. The first-order valence-electron chi connectivity index (χ1n) is 6.72. The van der Waals surface area contributed by atoms with Crippen molar-refractivity contribution in [1.29, 1.82) is 0 Å². The first-order valence-corrected chi connectivity index (χ1v) is 7.09. The summed E-state index contributed by atoms with van der Waals surface area (Å²) in [4.78, 5) is 3.24. The molecular weight excluding hydrogens is 282 g/mol. The topological polar surface area (TPSA) is 36.0 Å². The van der Waals surface area contributed by atoms with Gasteiger partial charge < -0.3 is 10.1 Å². The normalized spacial score (nSPS) is 11.3. The molecule has 0 aliphatic rings. The highest BCUT2D eigenvalue weighted by molar-refractivity contribution is 6.31. The number of H-pyrrole nitrogens is 1. The van der Waals surface area contributed by atoms with Crippen LogP contribution in [0.15, 0.2) is 60.8 Å². The Hall–Kier alpha value is -2.45. The summed E-state index contributed by atoms with van der Waals surface area (Å²) in [5, 5.41) is 14.2. The summed E-state index contributed by atoms with van der Waals surface area (Å²) >= 11 is 6.12. The second-order valence-electron chi connectivity index (χ2n) is 5.07. The van der Waals surface area contributed by atoms with Gasteiger partial charge in [-0.25, -0.2) is 0 Å². The lowest BCUT2D eigenvalue weighted by Crippen LogP contribution is -1.82. The molecule has 0 bridgehead atoms. The fourth-order valence-corrected chi connectivity index (χ4v) is 3.01. The number of hydrogen-bond acceptors (Lipinski definition) is 1. The highest BCUT2D eigenvalue weighted by Gasteiger charge is 2.13. The minimum atomic E-state index is 0.273. The van der Waals surface area contributed by atoms with Crippen LogP contribution < -0.4 is 0 Å². The van der Waals surface area contributed by atoms with Gasteiger partial charge in [0.25, 0.3) is 0 Å². The Labute approximate surface area is 126 Å². The van der Waals surface area contributed by atoms with Gasteiger partial charge in [-0.15, -0.1) is 0 Å². The molecule has 0 amide bonds. The quantitative estimate of drug-likeness (QED) is 0.488. The zero-order chi connectivity index (χ0) is 14.4. The van der Waals surface area contributed by atoms with E-state index in [4.69, 9.17) is 11.6 Å². The highest BCUT2D eigenvalue weighted by atomic mass is 35.5. The molecule has 2 N–H and O–H groups in total. The minimum absolute atomic E-state index is 0.273. The molecule has 3 aromatic carbocycles. The Balaban J connectivity index is 2.13. The van der Waals surface area contributed by atoms with E-state index in [1.165, 1.54) is 0 Å². The summed E-state index contributed by atoms with van der Waals surface area (Å²) in [7, 11) is 0. The van der Waals surface area contributed by atoms with Crippen LogP contribution in [-0.2, 0) is 0 Å². The van der Waals surface area contributed by atoms with Crippen molar-refractivity contribution in [3.63, 3.8) is 0 Å². The van der Waals surface area contributed by atoms with Crippen LogP contribution in [0.4, 0.5) is 0 Å². The Morgan fingerprint density at radius 2 is 1.76 bits per heavy atom. The number of rotatable bonds is 1. The Morgan fingerprint density at radius 3 is 2.67 bits per heavy atom. The van der Waals surface area contributed by atoms with E-state index in [-0.39, 0.29) is 5.75 Å². The number of aromatic amines is 1. The molecule has 21 heavy (non-hydrogen) atoms. The van der Waals surface area contributed by atoms with Crippen molar-refractivity contribution in [3.05, 3.63) is 65.8 Å². The number of benzene rings is 3. The maximum atomic E-state index is 10.4. The van der Waals surface area contributed by atoms with E-state index in [9.17, 15) is 5.11 Å². The number of nitrogens with one attached hydrogen (secondary N) is 1. The van der Waals surface area contributed by atoms with E-state index in [1.807, 2.05) is 54.7 Å². The number of phenols is 1. The molecule has 102 valence electrons. The molecule has 0 atom stereocenters. The molecular formula is C18H12ClNO. The Morgan fingerprint density at radius 1 is 0.905 bits per heavy atom. The average Bonchev–Trinajstić information content (AvgIpc) is 2.90. The predicted octanol–water partition coefficient (Wildman–Crippen LogP) is 5.35. The van der Waals surface area contributed by atoms with Crippen molar-refractivity contribution in [2.24, 2.45) is 0 Å². The van der Waals surface area contributed by atoms with Crippen LogP contribution in [0.2, 0.25) is 5.02 Å². The molecule has 0 aliphatic carbocycles. The zero-order valence-corrected chi connectivity index (χ0v) is 11.9. The third-order valence-corrected chi connectivity index (χ3v) is 4.06. The van der Waals surface area contributed by atoms with Crippen LogP contribution in [0, 0.1) is 0 Å². The summed E-state index contributed by atoms with van der Waals surface area (Å²) in [6.07, 6.45) is 1.92. The second kappa shape index (κ2) is 4.54. The number of fused-ring (bicyclic) bond motifs is 2. The average molecular weight is 294 g/mol. The number of aromatic nitrogens is 1. The molecule has 1 heterocycles. The highest BCUT2D eigenvalue weighted by Crippen LogP contribution is 2.40. The molecule has 0 aliphatic heterocycles. The third-order valence-electron chi connectivity index (χ3n) is 3.82. The summed E-state index contributed by atoms with van der Waals surface area (Å²) < 4.78 is 0. The van der Waals surface area contributed by atoms with Gasteiger partial charge in [-0.1, -0.05) is 41.9 Å². The fraction of sp³-hybridized carbons (Fsp3) is 0. The Kier molecular flexibility index (Phi) is 2.66. The largest absolute Gasteiger partial charge is 0.507 e. The monoisotopic (exact) mass is 293 g/mol. The standard InChI is InChI=1S/C18H12ClNO/c19-12-6-7-16-14(9-12)15(10-20-16)18-13-4-2-1-3-11(13)5-8-17(18)21/h1-10,20-21H. The maximum Gasteiger partial charge on any atom is 0.124 e. The molecule has 0 fully saturated rings.